The van der Waals surface area contributed by atoms with E-state index >= 15 is 0 Å². The fraction of sp³-hybridized carbons (Fsp3) is 0.667. The number of nitrogens with zero attached hydrogens (tertiary/aromatic N) is 4. The molecule has 146 valence electrons. The Bertz CT molecular complexity index is 725. The molecule has 1 N–H and O–H groups in total. The molecule has 1 aromatic rings. The Balaban J connectivity index is 1.63. The fourth-order valence-corrected chi connectivity index (χ4v) is 4.45. The second kappa shape index (κ2) is 7.85. The van der Waals surface area contributed by atoms with Crippen LogP contribution in [0.3, 0.4) is 0 Å². The topological polar surface area (TPSA) is 72.3 Å². The van der Waals surface area contributed by atoms with Crippen molar-refractivity contribution in [2.45, 2.75) is 46.1 Å². The molecular weight excluding hydrogens is 338 g/mol. The minimum Gasteiger partial charge on any atom is -0.367 e. The fourth-order valence-electron chi connectivity index (χ4n) is 4.45. The van der Waals surface area contributed by atoms with Gasteiger partial charge in [0, 0.05) is 39.3 Å². The molecular formula is C21H31N5O. The highest BCUT2D eigenvalue weighted by atomic mass is 16.1. The van der Waals surface area contributed by atoms with Gasteiger partial charge >= 0.3 is 0 Å². The van der Waals surface area contributed by atoms with Gasteiger partial charge in [-0.2, -0.15) is 5.26 Å². The summed E-state index contributed by atoms with van der Waals surface area (Å²) in [5, 5.41) is 12.0. The Morgan fingerprint density at radius 2 is 1.93 bits per heavy atom. The van der Waals surface area contributed by atoms with Crippen LogP contribution in [-0.2, 0) is 0 Å². The summed E-state index contributed by atoms with van der Waals surface area (Å²) in [6.45, 7) is 10.9. The highest BCUT2D eigenvalue weighted by molar-refractivity contribution is 5.92. The summed E-state index contributed by atoms with van der Waals surface area (Å²) >= 11 is 0. The van der Waals surface area contributed by atoms with Crippen molar-refractivity contribution in [3.8, 4) is 6.07 Å². The molecule has 6 nitrogen and oxygen atoms in total. The molecule has 1 amide bonds. The molecule has 1 aromatic heterocycles. The molecule has 1 saturated heterocycles. The quantitative estimate of drug-likeness (QED) is 0.887. The maximum Gasteiger partial charge on any atom is 0.269 e. The molecule has 2 heterocycles. The number of hydrogen-bond donors (Lipinski definition) is 1. The molecule has 6 heteroatoms. The summed E-state index contributed by atoms with van der Waals surface area (Å²) in [5.41, 5.74) is 1.86. The third-order valence-corrected chi connectivity index (χ3v) is 6.24. The monoisotopic (exact) mass is 369 g/mol. The average molecular weight is 370 g/mol. The summed E-state index contributed by atoms with van der Waals surface area (Å²) < 4.78 is 0. The molecule has 2 atom stereocenters. The van der Waals surface area contributed by atoms with Gasteiger partial charge in [0.1, 0.15) is 11.8 Å². The van der Waals surface area contributed by atoms with Gasteiger partial charge in [0.05, 0.1) is 5.69 Å². The number of carbonyl (C=O) groups excluding carboxylic acids is 1. The molecule has 0 spiro atoms. The van der Waals surface area contributed by atoms with Gasteiger partial charge in [0.25, 0.3) is 5.91 Å². The lowest BCUT2D eigenvalue weighted by Crippen LogP contribution is -2.50. The second-order valence-electron chi connectivity index (χ2n) is 8.81. The highest BCUT2D eigenvalue weighted by Crippen LogP contribution is 2.41. The molecule has 1 aliphatic heterocycles. The molecule has 1 saturated carbocycles. The zero-order valence-corrected chi connectivity index (χ0v) is 17.0. The van der Waals surface area contributed by atoms with Crippen molar-refractivity contribution in [1.82, 2.24) is 15.2 Å². The number of piperazine rings is 1. The van der Waals surface area contributed by atoms with Crippen molar-refractivity contribution in [3.63, 3.8) is 0 Å². The number of carbonyl (C=O) groups is 1. The highest BCUT2D eigenvalue weighted by Gasteiger charge is 2.36. The van der Waals surface area contributed by atoms with Crippen molar-refractivity contribution in [2.24, 2.45) is 11.3 Å². The second-order valence-corrected chi connectivity index (χ2v) is 8.81. The van der Waals surface area contributed by atoms with E-state index < -0.39 is 0 Å². The van der Waals surface area contributed by atoms with Gasteiger partial charge in [-0.15, -0.1) is 0 Å². The summed E-state index contributed by atoms with van der Waals surface area (Å²) in [4.78, 5) is 20.8. The Labute approximate surface area is 162 Å². The van der Waals surface area contributed by atoms with E-state index in [1.165, 1.54) is 19.3 Å². The van der Waals surface area contributed by atoms with Crippen molar-refractivity contribution in [2.75, 3.05) is 38.1 Å². The first-order valence-electron chi connectivity index (χ1n) is 9.95. The van der Waals surface area contributed by atoms with Crippen LogP contribution >= 0.6 is 0 Å². The van der Waals surface area contributed by atoms with Gasteiger partial charge in [-0.3, -0.25) is 9.69 Å². The van der Waals surface area contributed by atoms with Crippen LogP contribution in [0.25, 0.3) is 0 Å². The first-order valence-corrected chi connectivity index (χ1v) is 9.95. The first-order chi connectivity index (χ1) is 12.8. The number of pyridine rings is 1. The van der Waals surface area contributed by atoms with Crippen molar-refractivity contribution >= 4 is 11.6 Å². The third-order valence-electron chi connectivity index (χ3n) is 6.24. The smallest absolute Gasteiger partial charge is 0.269 e. The van der Waals surface area contributed by atoms with Gasteiger partial charge in [0.2, 0.25) is 0 Å². The Morgan fingerprint density at radius 1 is 1.22 bits per heavy atom. The lowest BCUT2D eigenvalue weighted by Gasteiger charge is -2.39. The molecule has 2 fully saturated rings. The standard InChI is InChI=1S/C21H31N5O/c1-21(2,3)15-5-6-16(13-15)25-9-11-26(12-10-25)19-8-7-17(20(27)23-4)24-18(19)14-22/h7-8,15-16H,5-6,9-13H2,1-4H3,(H,23,27)/t15?,16-/m1/s1. The summed E-state index contributed by atoms with van der Waals surface area (Å²) in [6.07, 6.45) is 3.93. The summed E-state index contributed by atoms with van der Waals surface area (Å²) in [5.74, 6) is 0.546. The molecule has 1 unspecified atom stereocenters. The summed E-state index contributed by atoms with van der Waals surface area (Å²) in [7, 11) is 1.57. The van der Waals surface area contributed by atoms with Gasteiger partial charge in [-0.25, -0.2) is 4.98 Å². The SMILES string of the molecule is CNC(=O)c1ccc(N2CCN([C@@H]3CCC(C(C)(C)C)C3)CC2)c(C#N)n1. The van der Waals surface area contributed by atoms with Gasteiger partial charge in [-0.1, -0.05) is 20.8 Å². The largest absolute Gasteiger partial charge is 0.367 e. The Morgan fingerprint density at radius 3 is 2.48 bits per heavy atom. The van der Waals surface area contributed by atoms with E-state index in [4.69, 9.17) is 0 Å². The Hall–Kier alpha value is -2.13. The van der Waals surface area contributed by atoms with Crippen LogP contribution in [0.4, 0.5) is 5.69 Å². The van der Waals surface area contributed by atoms with E-state index in [1.807, 2.05) is 6.07 Å². The maximum atomic E-state index is 11.8. The van der Waals surface area contributed by atoms with Crippen LogP contribution in [0.15, 0.2) is 12.1 Å². The molecule has 3 rings (SSSR count). The molecule has 1 aliphatic carbocycles. The van der Waals surface area contributed by atoms with Crippen molar-refractivity contribution in [3.05, 3.63) is 23.5 Å². The van der Waals surface area contributed by atoms with Crippen LogP contribution in [0, 0.1) is 22.7 Å². The number of anilines is 1. The van der Waals surface area contributed by atoms with E-state index in [0.717, 1.165) is 37.8 Å². The molecule has 27 heavy (non-hydrogen) atoms. The van der Waals surface area contributed by atoms with E-state index in [-0.39, 0.29) is 11.6 Å². The van der Waals surface area contributed by atoms with E-state index in [1.54, 1.807) is 13.1 Å². The predicted octanol–water partition coefficient (Wildman–Crippen LogP) is 2.65. The van der Waals surface area contributed by atoms with E-state index in [9.17, 15) is 10.1 Å². The lowest BCUT2D eigenvalue weighted by molar-refractivity contribution is 0.0958. The van der Waals surface area contributed by atoms with Crippen LogP contribution in [0.5, 0.6) is 0 Å². The normalized spacial score (nSPS) is 23.9. The van der Waals surface area contributed by atoms with Gasteiger partial charge in [0.15, 0.2) is 5.69 Å². The van der Waals surface area contributed by atoms with E-state index in [0.29, 0.717) is 17.2 Å². The van der Waals surface area contributed by atoms with E-state index in [2.05, 4.69) is 46.9 Å². The zero-order valence-electron chi connectivity index (χ0n) is 17.0. The average Bonchev–Trinajstić information content (AvgIpc) is 3.17. The molecule has 0 bridgehead atoms. The number of nitriles is 1. The maximum absolute atomic E-state index is 11.8. The number of aromatic nitrogens is 1. The molecule has 0 radical (unpaired) electrons. The predicted molar refractivity (Wildman–Crippen MR) is 107 cm³/mol. The third kappa shape index (κ3) is 4.24. The minimum absolute atomic E-state index is 0.266. The Kier molecular flexibility index (Phi) is 5.71. The minimum atomic E-state index is -0.266. The number of hydrogen-bond acceptors (Lipinski definition) is 5. The van der Waals surface area contributed by atoms with Crippen LogP contribution < -0.4 is 10.2 Å². The van der Waals surface area contributed by atoms with Gasteiger partial charge in [-0.05, 0) is 42.7 Å². The molecule has 0 aromatic carbocycles. The van der Waals surface area contributed by atoms with Crippen LogP contribution in [-0.4, -0.2) is 55.1 Å². The lowest BCUT2D eigenvalue weighted by atomic mass is 9.79. The zero-order chi connectivity index (χ0) is 19.6. The van der Waals surface area contributed by atoms with Crippen LogP contribution in [0.2, 0.25) is 0 Å². The molecule has 2 aliphatic rings. The number of nitrogens with one attached hydrogen (secondary N) is 1. The van der Waals surface area contributed by atoms with Gasteiger partial charge < -0.3 is 10.2 Å². The van der Waals surface area contributed by atoms with Crippen molar-refractivity contribution < 1.29 is 4.79 Å². The summed E-state index contributed by atoms with van der Waals surface area (Å²) in [6, 6.07) is 6.41. The van der Waals surface area contributed by atoms with Crippen molar-refractivity contribution in [1.29, 1.82) is 5.26 Å². The first kappa shape index (κ1) is 19.6. The number of rotatable bonds is 3. The number of amides is 1. The van der Waals surface area contributed by atoms with Crippen LogP contribution in [0.1, 0.15) is 56.2 Å².